The van der Waals surface area contributed by atoms with Gasteiger partial charge in [0.15, 0.2) is 11.6 Å². The fraction of sp³-hybridized carbons (Fsp3) is 0.556. The molecule has 1 aliphatic heterocycles. The fourth-order valence-electron chi connectivity index (χ4n) is 3.03. The minimum Gasteiger partial charge on any atom is -0.495 e. The maximum atomic E-state index is 6.23. The Morgan fingerprint density at radius 2 is 1.73 bits per heavy atom. The first kappa shape index (κ1) is 18.9. The number of nitrogens with zero attached hydrogens (tertiary/aromatic N) is 4. The summed E-state index contributed by atoms with van der Waals surface area (Å²) in [6, 6.07) is 3.61. The molecule has 1 aromatic heterocycles. The summed E-state index contributed by atoms with van der Waals surface area (Å²) in [5.41, 5.74) is 1.51. The maximum absolute atomic E-state index is 6.23. The van der Waals surface area contributed by atoms with Gasteiger partial charge in [0.1, 0.15) is 5.75 Å². The van der Waals surface area contributed by atoms with E-state index in [1.807, 2.05) is 13.0 Å². The molecule has 8 heteroatoms. The van der Waals surface area contributed by atoms with E-state index < -0.39 is 0 Å². The molecule has 0 unspecified atom stereocenters. The zero-order valence-corrected chi connectivity index (χ0v) is 16.4. The summed E-state index contributed by atoms with van der Waals surface area (Å²) in [5, 5.41) is 7.25. The van der Waals surface area contributed by atoms with E-state index in [1.54, 1.807) is 13.2 Å². The lowest BCUT2D eigenvalue weighted by atomic mass is 10.2. The van der Waals surface area contributed by atoms with Gasteiger partial charge in [-0.05, 0) is 20.0 Å². The van der Waals surface area contributed by atoms with Crippen molar-refractivity contribution in [2.75, 3.05) is 70.6 Å². The van der Waals surface area contributed by atoms with Gasteiger partial charge in [0.25, 0.3) is 0 Å². The molecule has 26 heavy (non-hydrogen) atoms. The number of benzene rings is 1. The molecule has 0 amide bonds. The van der Waals surface area contributed by atoms with Crippen LogP contribution in [0.15, 0.2) is 12.1 Å². The van der Waals surface area contributed by atoms with E-state index in [1.165, 1.54) is 0 Å². The number of hydrogen-bond acceptors (Lipinski definition) is 7. The molecule has 2 aromatic rings. The summed E-state index contributed by atoms with van der Waals surface area (Å²) < 4.78 is 5.28. The highest BCUT2D eigenvalue weighted by Crippen LogP contribution is 2.30. The number of hydrogen-bond donors (Lipinski definition) is 2. The molecule has 2 N–H and O–H groups in total. The summed E-state index contributed by atoms with van der Waals surface area (Å²) in [5.74, 6) is 2.11. The Bertz CT molecular complexity index is 748. The summed E-state index contributed by atoms with van der Waals surface area (Å²) >= 11 is 6.23. The van der Waals surface area contributed by atoms with Crippen LogP contribution in [0.3, 0.4) is 0 Å². The summed E-state index contributed by atoms with van der Waals surface area (Å²) in [6.45, 7) is 9.10. The van der Waals surface area contributed by atoms with Gasteiger partial charge in [-0.25, -0.2) is 9.97 Å². The topological polar surface area (TPSA) is 65.6 Å². The number of methoxy groups -OCH3 is 1. The molecule has 0 spiro atoms. The van der Waals surface area contributed by atoms with Crippen molar-refractivity contribution in [3.05, 3.63) is 17.2 Å². The van der Waals surface area contributed by atoms with Crippen molar-refractivity contribution in [1.82, 2.24) is 19.8 Å². The first-order chi connectivity index (χ1) is 12.6. The summed E-state index contributed by atoms with van der Waals surface area (Å²) in [7, 11) is 3.77. The highest BCUT2D eigenvalue weighted by molar-refractivity contribution is 6.32. The quantitative estimate of drug-likeness (QED) is 0.766. The van der Waals surface area contributed by atoms with E-state index in [2.05, 4.69) is 27.5 Å². The van der Waals surface area contributed by atoms with Crippen LogP contribution in [0.5, 0.6) is 5.75 Å². The van der Waals surface area contributed by atoms with Crippen molar-refractivity contribution in [1.29, 1.82) is 0 Å². The van der Waals surface area contributed by atoms with Crippen molar-refractivity contribution >= 4 is 34.3 Å². The number of aromatic nitrogens is 2. The molecule has 1 aliphatic rings. The summed E-state index contributed by atoms with van der Waals surface area (Å²) in [6.07, 6.45) is 0. The first-order valence-electron chi connectivity index (χ1n) is 9.04. The Labute approximate surface area is 159 Å². The predicted molar refractivity (Wildman–Crippen MR) is 108 cm³/mol. The third kappa shape index (κ3) is 4.47. The number of likely N-dealkylation sites (N-methyl/N-ethyl adjacent to an activating group) is 1. The standard InChI is InChI=1S/C18H27ClN6O/c1-4-20-17-18(21-5-6-25-9-7-24(2)8-10-25)22-14-11-13(19)16(26-3)12-15(14)23-17/h11-12H,4-10H2,1-3H3,(H,20,23)(H,21,22). The second-order valence-electron chi connectivity index (χ2n) is 6.50. The average molecular weight is 379 g/mol. The molecule has 0 bridgehead atoms. The Morgan fingerprint density at radius 3 is 2.38 bits per heavy atom. The van der Waals surface area contributed by atoms with Crippen LogP contribution < -0.4 is 15.4 Å². The third-order valence-electron chi connectivity index (χ3n) is 4.60. The lowest BCUT2D eigenvalue weighted by Gasteiger charge is -2.32. The largest absolute Gasteiger partial charge is 0.495 e. The number of rotatable bonds is 7. The molecule has 3 rings (SSSR count). The van der Waals surface area contributed by atoms with Crippen LogP contribution in [0.2, 0.25) is 5.02 Å². The minimum absolute atomic E-state index is 0.536. The Hall–Kier alpha value is -1.83. The highest BCUT2D eigenvalue weighted by Gasteiger charge is 2.14. The molecular weight excluding hydrogens is 352 g/mol. The van der Waals surface area contributed by atoms with E-state index in [4.69, 9.17) is 26.3 Å². The Morgan fingerprint density at radius 1 is 1.08 bits per heavy atom. The molecule has 0 aliphatic carbocycles. The van der Waals surface area contributed by atoms with Crippen LogP contribution in [0, 0.1) is 0 Å². The van der Waals surface area contributed by atoms with Crippen LogP contribution in [-0.4, -0.2) is 79.7 Å². The van der Waals surface area contributed by atoms with Gasteiger partial charge in [0.05, 0.1) is 23.2 Å². The smallest absolute Gasteiger partial charge is 0.169 e. The zero-order chi connectivity index (χ0) is 18.5. The van der Waals surface area contributed by atoms with Gasteiger partial charge in [0.2, 0.25) is 0 Å². The second-order valence-corrected chi connectivity index (χ2v) is 6.91. The molecule has 7 nitrogen and oxygen atoms in total. The van der Waals surface area contributed by atoms with Crippen LogP contribution >= 0.6 is 11.6 Å². The van der Waals surface area contributed by atoms with Crippen LogP contribution in [0.4, 0.5) is 11.6 Å². The average Bonchev–Trinajstić information content (AvgIpc) is 2.63. The van der Waals surface area contributed by atoms with E-state index in [0.29, 0.717) is 10.8 Å². The van der Waals surface area contributed by atoms with Crippen molar-refractivity contribution in [3.8, 4) is 5.75 Å². The molecule has 1 fully saturated rings. The first-order valence-corrected chi connectivity index (χ1v) is 9.42. The molecule has 0 atom stereocenters. The van der Waals surface area contributed by atoms with Crippen molar-refractivity contribution in [2.45, 2.75) is 6.92 Å². The molecule has 1 saturated heterocycles. The van der Waals surface area contributed by atoms with Crippen molar-refractivity contribution in [2.24, 2.45) is 0 Å². The molecule has 0 radical (unpaired) electrons. The predicted octanol–water partition coefficient (Wildman–Crippen LogP) is 2.38. The van der Waals surface area contributed by atoms with E-state index >= 15 is 0 Å². The van der Waals surface area contributed by atoms with Crippen molar-refractivity contribution in [3.63, 3.8) is 0 Å². The molecular formula is C18H27ClN6O. The number of halogens is 1. The fourth-order valence-corrected chi connectivity index (χ4v) is 3.27. The van der Waals surface area contributed by atoms with Gasteiger partial charge in [-0.3, -0.25) is 4.90 Å². The molecule has 0 saturated carbocycles. The van der Waals surface area contributed by atoms with Crippen LogP contribution in [0.1, 0.15) is 6.92 Å². The SMILES string of the molecule is CCNc1nc2cc(OC)c(Cl)cc2nc1NCCN1CCN(C)CC1. The van der Waals surface area contributed by atoms with Gasteiger partial charge >= 0.3 is 0 Å². The Kier molecular flexibility index (Phi) is 6.34. The zero-order valence-electron chi connectivity index (χ0n) is 15.7. The molecule has 1 aromatic carbocycles. The molecule has 2 heterocycles. The van der Waals surface area contributed by atoms with Gasteiger partial charge < -0.3 is 20.3 Å². The molecule has 142 valence electrons. The Balaban J connectivity index is 1.74. The van der Waals surface area contributed by atoms with Crippen molar-refractivity contribution < 1.29 is 4.74 Å². The van der Waals surface area contributed by atoms with E-state index in [9.17, 15) is 0 Å². The lowest BCUT2D eigenvalue weighted by molar-refractivity contribution is 0.158. The van der Waals surface area contributed by atoms with Gasteiger partial charge in [-0.15, -0.1) is 0 Å². The number of fused-ring (bicyclic) bond motifs is 1. The third-order valence-corrected chi connectivity index (χ3v) is 4.89. The van der Waals surface area contributed by atoms with E-state index in [0.717, 1.165) is 68.5 Å². The lowest BCUT2D eigenvalue weighted by Crippen LogP contribution is -2.45. The number of ether oxygens (including phenoxy) is 1. The highest BCUT2D eigenvalue weighted by atomic mass is 35.5. The normalized spacial score (nSPS) is 16.0. The van der Waals surface area contributed by atoms with E-state index in [-0.39, 0.29) is 0 Å². The van der Waals surface area contributed by atoms with Gasteiger partial charge in [-0.2, -0.15) is 0 Å². The van der Waals surface area contributed by atoms with Gasteiger partial charge in [-0.1, -0.05) is 11.6 Å². The monoisotopic (exact) mass is 378 g/mol. The maximum Gasteiger partial charge on any atom is 0.169 e. The number of anilines is 2. The summed E-state index contributed by atoms with van der Waals surface area (Å²) in [4.78, 5) is 14.2. The number of nitrogens with one attached hydrogen (secondary N) is 2. The van der Waals surface area contributed by atoms with Crippen LogP contribution in [-0.2, 0) is 0 Å². The van der Waals surface area contributed by atoms with Crippen LogP contribution in [0.25, 0.3) is 11.0 Å². The number of piperazine rings is 1. The second kappa shape index (κ2) is 8.70. The minimum atomic E-state index is 0.536. The van der Waals surface area contributed by atoms with Gasteiger partial charge in [0, 0.05) is 51.9 Å².